The van der Waals surface area contributed by atoms with Gasteiger partial charge in [-0.3, -0.25) is 9.59 Å². The minimum atomic E-state index is -0.251. The summed E-state index contributed by atoms with van der Waals surface area (Å²) in [4.78, 5) is 25.4. The van der Waals surface area contributed by atoms with Gasteiger partial charge in [0, 0.05) is 5.92 Å². The van der Waals surface area contributed by atoms with E-state index in [-0.39, 0.29) is 23.8 Å². The fraction of sp³-hybridized carbons (Fsp3) is 0.208. The smallest absolute Gasteiger partial charge is 0.253 e. The fourth-order valence-electron chi connectivity index (χ4n) is 3.32. The highest BCUT2D eigenvalue weighted by molar-refractivity contribution is 6.08. The van der Waals surface area contributed by atoms with E-state index in [1.165, 1.54) is 0 Å². The number of hydrogen-bond acceptors (Lipinski definition) is 3. The minimum absolute atomic E-state index is 0.0329. The molecule has 1 fully saturated rings. The number of nitrogens with zero attached hydrogens (tertiary/aromatic N) is 1. The van der Waals surface area contributed by atoms with Gasteiger partial charge in [0.1, 0.15) is 0 Å². The van der Waals surface area contributed by atoms with Gasteiger partial charge in [-0.1, -0.05) is 36.4 Å². The Kier molecular flexibility index (Phi) is 5.01. The van der Waals surface area contributed by atoms with Gasteiger partial charge < -0.3 is 10.6 Å². The van der Waals surface area contributed by atoms with Crippen LogP contribution in [0, 0.1) is 17.2 Å². The molecule has 2 N–H and O–H groups in total. The first-order chi connectivity index (χ1) is 14.0. The first-order valence-corrected chi connectivity index (χ1v) is 9.70. The van der Waals surface area contributed by atoms with E-state index >= 15 is 0 Å². The number of nitrogens with one attached hydrogen (secondary N) is 2. The van der Waals surface area contributed by atoms with E-state index in [4.69, 9.17) is 5.26 Å². The second-order valence-corrected chi connectivity index (χ2v) is 7.44. The van der Waals surface area contributed by atoms with Gasteiger partial charge in [0.05, 0.1) is 28.9 Å². The van der Waals surface area contributed by atoms with Crippen LogP contribution in [0.1, 0.15) is 47.3 Å². The molecule has 0 heterocycles. The highest BCUT2D eigenvalue weighted by Gasteiger charge is 2.30. The molecule has 1 aliphatic rings. The molecule has 0 bridgehead atoms. The zero-order valence-electron chi connectivity index (χ0n) is 16.1. The number of nitriles is 1. The molecule has 29 heavy (non-hydrogen) atoms. The van der Waals surface area contributed by atoms with Crippen LogP contribution in [0.25, 0.3) is 10.8 Å². The lowest BCUT2D eigenvalue weighted by molar-refractivity contribution is -0.117. The number of rotatable bonds is 5. The Labute approximate surface area is 169 Å². The number of benzene rings is 3. The fourth-order valence-corrected chi connectivity index (χ4v) is 3.32. The van der Waals surface area contributed by atoms with Crippen molar-refractivity contribution in [2.45, 2.75) is 25.8 Å². The Bertz CT molecular complexity index is 1130. The molecular weight excluding hydrogens is 362 g/mol. The third-order valence-corrected chi connectivity index (χ3v) is 5.22. The standard InChI is InChI=1S/C24H21N3O2/c1-15(17-8-6-16(14-25)7-9-17)26-24(29)21-12-19-4-2-3-5-20(19)13-22(21)27-23(28)18-10-11-18/h2-9,12-13,15,18H,10-11H2,1H3,(H,26,29)(H,27,28). The number of carbonyl (C=O) groups excluding carboxylic acids is 2. The molecule has 2 amide bonds. The summed E-state index contributed by atoms with van der Waals surface area (Å²) in [7, 11) is 0. The molecule has 5 nitrogen and oxygen atoms in total. The summed E-state index contributed by atoms with van der Waals surface area (Å²) in [5.74, 6) is -0.233. The molecule has 4 rings (SSSR count). The summed E-state index contributed by atoms with van der Waals surface area (Å²) >= 11 is 0. The second-order valence-electron chi connectivity index (χ2n) is 7.44. The van der Waals surface area contributed by atoms with Crippen LogP contribution in [0.4, 0.5) is 5.69 Å². The third kappa shape index (κ3) is 4.12. The van der Waals surface area contributed by atoms with E-state index in [1.807, 2.05) is 55.5 Å². The molecule has 1 saturated carbocycles. The van der Waals surface area contributed by atoms with Gasteiger partial charge >= 0.3 is 0 Å². The van der Waals surface area contributed by atoms with Gasteiger partial charge in [0.25, 0.3) is 5.91 Å². The average Bonchev–Trinajstić information content (AvgIpc) is 3.58. The van der Waals surface area contributed by atoms with Crippen LogP contribution in [0.2, 0.25) is 0 Å². The van der Waals surface area contributed by atoms with Gasteiger partial charge in [-0.15, -0.1) is 0 Å². The summed E-state index contributed by atoms with van der Waals surface area (Å²) in [6.45, 7) is 1.89. The van der Waals surface area contributed by atoms with Crippen molar-refractivity contribution in [2.75, 3.05) is 5.32 Å². The topological polar surface area (TPSA) is 82.0 Å². The Morgan fingerprint density at radius 2 is 1.69 bits per heavy atom. The van der Waals surface area contributed by atoms with Crippen molar-refractivity contribution in [3.63, 3.8) is 0 Å². The van der Waals surface area contributed by atoms with Crippen molar-refractivity contribution in [1.29, 1.82) is 5.26 Å². The quantitative estimate of drug-likeness (QED) is 0.678. The van der Waals surface area contributed by atoms with Crippen LogP contribution >= 0.6 is 0 Å². The van der Waals surface area contributed by atoms with Crippen LogP contribution in [0.15, 0.2) is 60.7 Å². The lowest BCUT2D eigenvalue weighted by Gasteiger charge is -2.17. The van der Waals surface area contributed by atoms with Gasteiger partial charge in [0.15, 0.2) is 0 Å². The average molecular weight is 383 g/mol. The van der Waals surface area contributed by atoms with E-state index in [1.54, 1.807) is 12.1 Å². The second kappa shape index (κ2) is 7.76. The zero-order chi connectivity index (χ0) is 20.4. The summed E-state index contributed by atoms with van der Waals surface area (Å²) in [6.07, 6.45) is 1.80. The van der Waals surface area contributed by atoms with Gasteiger partial charge in [-0.2, -0.15) is 5.26 Å². The van der Waals surface area contributed by atoms with Crippen LogP contribution in [-0.2, 0) is 4.79 Å². The molecule has 0 spiro atoms. The third-order valence-electron chi connectivity index (χ3n) is 5.22. The lowest BCUT2D eigenvalue weighted by atomic mass is 10.0. The van der Waals surface area contributed by atoms with Crippen molar-refractivity contribution >= 4 is 28.3 Å². The monoisotopic (exact) mass is 383 g/mol. The minimum Gasteiger partial charge on any atom is -0.345 e. The predicted octanol–water partition coefficient (Wildman–Crippen LogP) is 4.55. The number of anilines is 1. The van der Waals surface area contributed by atoms with E-state index in [2.05, 4.69) is 16.7 Å². The normalized spacial score (nSPS) is 14.1. The molecular formula is C24H21N3O2. The SMILES string of the molecule is CC(NC(=O)c1cc2ccccc2cc1NC(=O)C1CC1)c1ccc(C#N)cc1. The Hall–Kier alpha value is -3.65. The molecule has 0 aromatic heterocycles. The summed E-state index contributed by atoms with van der Waals surface area (Å²) in [5, 5.41) is 16.8. The summed E-state index contributed by atoms with van der Waals surface area (Å²) in [5.41, 5.74) is 2.46. The number of fused-ring (bicyclic) bond motifs is 1. The molecule has 1 unspecified atom stereocenters. The molecule has 3 aromatic carbocycles. The number of carbonyl (C=O) groups is 2. The molecule has 0 saturated heterocycles. The van der Waals surface area contributed by atoms with Gasteiger partial charge in [-0.05, 0) is 60.4 Å². The molecule has 1 aliphatic carbocycles. The highest BCUT2D eigenvalue weighted by Crippen LogP contribution is 2.32. The molecule has 0 aliphatic heterocycles. The number of amides is 2. The molecule has 1 atom stereocenters. The molecule has 0 radical (unpaired) electrons. The maximum absolute atomic E-state index is 13.1. The van der Waals surface area contributed by atoms with Crippen LogP contribution in [-0.4, -0.2) is 11.8 Å². The van der Waals surface area contributed by atoms with Crippen molar-refractivity contribution in [3.05, 3.63) is 77.4 Å². The first kappa shape index (κ1) is 18.7. The van der Waals surface area contributed by atoms with E-state index in [0.717, 1.165) is 29.2 Å². The van der Waals surface area contributed by atoms with E-state index in [0.29, 0.717) is 16.8 Å². The van der Waals surface area contributed by atoms with Crippen molar-refractivity contribution in [2.24, 2.45) is 5.92 Å². The molecule has 5 heteroatoms. The molecule has 3 aromatic rings. The Morgan fingerprint density at radius 1 is 1.03 bits per heavy atom. The number of hydrogen-bond donors (Lipinski definition) is 2. The van der Waals surface area contributed by atoms with Crippen molar-refractivity contribution in [1.82, 2.24) is 5.32 Å². The Morgan fingerprint density at radius 3 is 2.31 bits per heavy atom. The van der Waals surface area contributed by atoms with E-state index < -0.39 is 0 Å². The Balaban J connectivity index is 1.62. The van der Waals surface area contributed by atoms with Crippen molar-refractivity contribution in [3.8, 4) is 6.07 Å². The van der Waals surface area contributed by atoms with Crippen LogP contribution in [0.5, 0.6) is 0 Å². The zero-order valence-corrected chi connectivity index (χ0v) is 16.1. The molecule has 144 valence electrons. The largest absolute Gasteiger partial charge is 0.345 e. The van der Waals surface area contributed by atoms with Crippen LogP contribution in [0.3, 0.4) is 0 Å². The lowest BCUT2D eigenvalue weighted by Crippen LogP contribution is -2.28. The van der Waals surface area contributed by atoms with E-state index in [9.17, 15) is 9.59 Å². The maximum Gasteiger partial charge on any atom is 0.253 e. The summed E-state index contributed by atoms with van der Waals surface area (Å²) < 4.78 is 0. The highest BCUT2D eigenvalue weighted by atomic mass is 16.2. The van der Waals surface area contributed by atoms with Gasteiger partial charge in [0.2, 0.25) is 5.91 Å². The van der Waals surface area contributed by atoms with Gasteiger partial charge in [-0.25, -0.2) is 0 Å². The predicted molar refractivity (Wildman–Crippen MR) is 112 cm³/mol. The maximum atomic E-state index is 13.1. The summed E-state index contributed by atoms with van der Waals surface area (Å²) in [6, 6.07) is 20.4. The van der Waals surface area contributed by atoms with Crippen molar-refractivity contribution < 1.29 is 9.59 Å². The first-order valence-electron chi connectivity index (χ1n) is 9.70. The van der Waals surface area contributed by atoms with Crippen LogP contribution < -0.4 is 10.6 Å².